The molecular formula is C15H20N2O4. The molecule has 1 aromatic carbocycles. The number of carboxylic acid groups (broad SMARTS) is 1. The first-order valence-electron chi connectivity index (χ1n) is 6.97. The van der Waals surface area contributed by atoms with Gasteiger partial charge in [-0.2, -0.15) is 0 Å². The molecule has 1 N–H and O–H groups in total. The van der Waals surface area contributed by atoms with Crippen molar-refractivity contribution in [1.82, 2.24) is 9.80 Å². The fraction of sp³-hybridized carbons (Fsp3) is 0.467. The smallest absolute Gasteiger partial charge is 0.323 e. The summed E-state index contributed by atoms with van der Waals surface area (Å²) in [5.41, 5.74) is 0.933. The van der Waals surface area contributed by atoms with E-state index in [0.717, 1.165) is 11.3 Å². The first kappa shape index (κ1) is 15.2. The highest BCUT2D eigenvalue weighted by Gasteiger charge is 2.27. The lowest BCUT2D eigenvalue weighted by Crippen LogP contribution is -2.48. The third-order valence-corrected chi connectivity index (χ3v) is 3.40. The molecule has 0 radical (unpaired) electrons. The van der Waals surface area contributed by atoms with Crippen LogP contribution in [-0.4, -0.2) is 52.6 Å². The molecule has 1 heterocycles. The number of amides is 2. The van der Waals surface area contributed by atoms with Crippen LogP contribution in [-0.2, 0) is 11.3 Å². The molecule has 0 saturated carbocycles. The minimum Gasteiger partial charge on any atom is -0.491 e. The van der Waals surface area contributed by atoms with E-state index in [2.05, 4.69) is 0 Å². The quantitative estimate of drug-likeness (QED) is 0.922. The number of para-hydroxylation sites is 1. The second-order valence-corrected chi connectivity index (χ2v) is 5.28. The van der Waals surface area contributed by atoms with Gasteiger partial charge in [-0.1, -0.05) is 18.2 Å². The number of carbonyl (C=O) groups is 2. The number of aliphatic carboxylic acids is 1. The van der Waals surface area contributed by atoms with E-state index in [9.17, 15) is 9.59 Å². The second-order valence-electron chi connectivity index (χ2n) is 5.28. The number of hydrogen-bond acceptors (Lipinski definition) is 3. The van der Waals surface area contributed by atoms with Crippen LogP contribution in [0.3, 0.4) is 0 Å². The molecule has 6 nitrogen and oxygen atoms in total. The highest BCUT2D eigenvalue weighted by molar-refractivity contribution is 5.80. The van der Waals surface area contributed by atoms with Gasteiger partial charge in [-0.05, 0) is 19.9 Å². The molecule has 1 aliphatic rings. The molecule has 0 unspecified atom stereocenters. The number of carboxylic acids is 1. The lowest BCUT2D eigenvalue weighted by Gasteiger charge is -2.31. The molecule has 1 aliphatic heterocycles. The van der Waals surface area contributed by atoms with Crippen molar-refractivity contribution in [3.8, 4) is 5.75 Å². The monoisotopic (exact) mass is 292 g/mol. The van der Waals surface area contributed by atoms with Gasteiger partial charge in [-0.15, -0.1) is 0 Å². The van der Waals surface area contributed by atoms with Crippen molar-refractivity contribution in [2.45, 2.75) is 26.4 Å². The molecule has 1 aromatic rings. The Bertz CT molecular complexity index is 530. The van der Waals surface area contributed by atoms with Gasteiger partial charge in [0.25, 0.3) is 0 Å². The average Bonchev–Trinajstić information content (AvgIpc) is 2.65. The SMILES string of the molecule is CC(C)N(CC(=O)O)C(=O)N1CCOc2ccccc2C1. The molecule has 0 bridgehead atoms. The van der Waals surface area contributed by atoms with Gasteiger partial charge in [0.1, 0.15) is 18.9 Å². The van der Waals surface area contributed by atoms with Crippen molar-refractivity contribution in [1.29, 1.82) is 0 Å². The standard InChI is InChI=1S/C15H20N2O4/c1-11(2)17(10-14(18)19)15(20)16-7-8-21-13-6-4-3-5-12(13)9-16/h3-6,11H,7-10H2,1-2H3,(H,18,19). The minimum atomic E-state index is -1.01. The van der Waals surface area contributed by atoms with E-state index in [0.29, 0.717) is 19.7 Å². The van der Waals surface area contributed by atoms with E-state index in [-0.39, 0.29) is 18.6 Å². The van der Waals surface area contributed by atoms with Crippen LogP contribution in [0.25, 0.3) is 0 Å². The normalized spacial score (nSPS) is 14.1. The number of nitrogens with zero attached hydrogens (tertiary/aromatic N) is 2. The third kappa shape index (κ3) is 3.65. The highest BCUT2D eigenvalue weighted by atomic mass is 16.5. The summed E-state index contributed by atoms with van der Waals surface area (Å²) in [6.45, 7) is 4.59. The van der Waals surface area contributed by atoms with Crippen molar-refractivity contribution >= 4 is 12.0 Å². The molecule has 2 amide bonds. The van der Waals surface area contributed by atoms with Crippen molar-refractivity contribution in [2.75, 3.05) is 19.7 Å². The first-order valence-corrected chi connectivity index (χ1v) is 6.97. The first-order chi connectivity index (χ1) is 9.99. The van der Waals surface area contributed by atoms with Gasteiger partial charge in [0, 0.05) is 11.6 Å². The fourth-order valence-corrected chi connectivity index (χ4v) is 2.29. The fourth-order valence-electron chi connectivity index (χ4n) is 2.29. The summed E-state index contributed by atoms with van der Waals surface area (Å²) in [6.07, 6.45) is 0. The molecule has 0 fully saturated rings. The Morgan fingerprint density at radius 2 is 2.10 bits per heavy atom. The van der Waals surface area contributed by atoms with Gasteiger partial charge in [0.2, 0.25) is 0 Å². The Morgan fingerprint density at radius 1 is 1.38 bits per heavy atom. The number of fused-ring (bicyclic) bond motifs is 1. The maximum atomic E-state index is 12.6. The van der Waals surface area contributed by atoms with Crippen molar-refractivity contribution in [3.05, 3.63) is 29.8 Å². The van der Waals surface area contributed by atoms with Crippen LogP contribution >= 0.6 is 0 Å². The number of carbonyl (C=O) groups excluding carboxylic acids is 1. The number of urea groups is 1. The zero-order valence-corrected chi connectivity index (χ0v) is 12.3. The Kier molecular flexibility index (Phi) is 4.67. The van der Waals surface area contributed by atoms with Crippen LogP contribution in [0.2, 0.25) is 0 Å². The van der Waals surface area contributed by atoms with Gasteiger partial charge in [0.15, 0.2) is 0 Å². The van der Waals surface area contributed by atoms with E-state index >= 15 is 0 Å². The van der Waals surface area contributed by atoms with E-state index in [1.807, 2.05) is 38.1 Å². The van der Waals surface area contributed by atoms with Crippen LogP contribution in [0.1, 0.15) is 19.4 Å². The van der Waals surface area contributed by atoms with Crippen LogP contribution in [0.4, 0.5) is 4.79 Å². The Labute approximate surface area is 123 Å². The average molecular weight is 292 g/mol. The topological polar surface area (TPSA) is 70.1 Å². The molecule has 0 spiro atoms. The lowest BCUT2D eigenvalue weighted by molar-refractivity contribution is -0.138. The molecule has 21 heavy (non-hydrogen) atoms. The van der Waals surface area contributed by atoms with Crippen LogP contribution in [0.15, 0.2) is 24.3 Å². The zero-order valence-electron chi connectivity index (χ0n) is 12.3. The van der Waals surface area contributed by atoms with Crippen molar-refractivity contribution in [2.24, 2.45) is 0 Å². The molecule has 6 heteroatoms. The molecule has 114 valence electrons. The lowest BCUT2D eigenvalue weighted by atomic mass is 10.2. The summed E-state index contributed by atoms with van der Waals surface area (Å²) < 4.78 is 5.62. The Morgan fingerprint density at radius 3 is 2.76 bits per heavy atom. The molecule has 0 atom stereocenters. The molecule has 0 saturated heterocycles. The zero-order chi connectivity index (χ0) is 15.4. The van der Waals surface area contributed by atoms with Crippen molar-refractivity contribution in [3.63, 3.8) is 0 Å². The summed E-state index contributed by atoms with van der Waals surface area (Å²) in [5, 5.41) is 8.96. The highest BCUT2D eigenvalue weighted by Crippen LogP contribution is 2.23. The van der Waals surface area contributed by atoms with E-state index in [1.54, 1.807) is 4.90 Å². The molecular weight excluding hydrogens is 272 g/mol. The largest absolute Gasteiger partial charge is 0.491 e. The molecule has 2 rings (SSSR count). The second kappa shape index (κ2) is 6.47. The summed E-state index contributed by atoms with van der Waals surface area (Å²) >= 11 is 0. The third-order valence-electron chi connectivity index (χ3n) is 3.40. The van der Waals surface area contributed by atoms with E-state index < -0.39 is 5.97 Å². The number of rotatable bonds is 3. The molecule has 0 aromatic heterocycles. The van der Waals surface area contributed by atoms with E-state index in [1.165, 1.54) is 4.90 Å². The maximum absolute atomic E-state index is 12.6. The summed E-state index contributed by atoms with van der Waals surface area (Å²) in [6, 6.07) is 7.13. The minimum absolute atomic E-state index is 0.173. The van der Waals surface area contributed by atoms with Crippen molar-refractivity contribution < 1.29 is 19.4 Å². The summed E-state index contributed by atoms with van der Waals surface area (Å²) in [5.74, 6) is -0.231. The number of ether oxygens (including phenoxy) is 1. The van der Waals surface area contributed by atoms with Crippen LogP contribution in [0, 0.1) is 0 Å². The number of hydrogen-bond donors (Lipinski definition) is 1. The van der Waals surface area contributed by atoms with Gasteiger partial charge >= 0.3 is 12.0 Å². The van der Waals surface area contributed by atoms with E-state index in [4.69, 9.17) is 9.84 Å². The Hall–Kier alpha value is -2.24. The number of benzene rings is 1. The summed E-state index contributed by atoms with van der Waals surface area (Å²) in [7, 11) is 0. The van der Waals surface area contributed by atoms with Crippen LogP contribution < -0.4 is 4.74 Å². The predicted molar refractivity (Wildman–Crippen MR) is 77.2 cm³/mol. The maximum Gasteiger partial charge on any atom is 0.323 e. The van der Waals surface area contributed by atoms with Gasteiger partial charge < -0.3 is 19.6 Å². The Balaban J connectivity index is 2.16. The van der Waals surface area contributed by atoms with Gasteiger partial charge in [0.05, 0.1) is 13.1 Å². The summed E-state index contributed by atoms with van der Waals surface area (Å²) in [4.78, 5) is 26.5. The predicted octanol–water partition coefficient (Wildman–Crippen LogP) is 1.80. The molecule has 0 aliphatic carbocycles. The van der Waals surface area contributed by atoms with Gasteiger partial charge in [-0.3, -0.25) is 4.79 Å². The van der Waals surface area contributed by atoms with Gasteiger partial charge in [-0.25, -0.2) is 4.79 Å². The van der Waals surface area contributed by atoms with Crippen LogP contribution in [0.5, 0.6) is 5.75 Å².